The monoisotopic (exact) mass is 227 g/mol. The van der Waals surface area contributed by atoms with Crippen LogP contribution < -0.4 is 29.6 Å². The second-order valence-electron chi connectivity index (χ2n) is 3.61. The van der Waals surface area contributed by atoms with E-state index in [0.29, 0.717) is 6.42 Å². The number of aryl methyl sites for hydroxylation is 1. The number of hydrogen-bond acceptors (Lipinski definition) is 1. The van der Waals surface area contributed by atoms with Crippen LogP contribution >= 0.6 is 0 Å². The SMILES string of the molecule is O=C(O)CCCc1c[nH]c2ccccc12.[H-].[Na+]. The molecule has 1 aromatic heterocycles. The molecule has 2 rings (SSSR count). The van der Waals surface area contributed by atoms with Crippen molar-refractivity contribution in [1.29, 1.82) is 0 Å². The molecule has 4 heteroatoms. The molecule has 80 valence electrons. The Hall–Kier alpha value is -0.770. The Morgan fingerprint density at radius 3 is 2.88 bits per heavy atom. The summed E-state index contributed by atoms with van der Waals surface area (Å²) in [6, 6.07) is 8.06. The summed E-state index contributed by atoms with van der Waals surface area (Å²) in [5.74, 6) is -0.727. The van der Waals surface area contributed by atoms with Gasteiger partial charge in [-0.2, -0.15) is 0 Å². The topological polar surface area (TPSA) is 53.1 Å². The van der Waals surface area contributed by atoms with Crippen LogP contribution in [0.1, 0.15) is 19.8 Å². The summed E-state index contributed by atoms with van der Waals surface area (Å²) in [5.41, 5.74) is 2.31. The number of fused-ring (bicyclic) bond motifs is 1. The number of nitrogens with one attached hydrogen (secondary N) is 1. The molecule has 0 aliphatic carbocycles. The van der Waals surface area contributed by atoms with Crippen molar-refractivity contribution >= 4 is 16.9 Å². The minimum absolute atomic E-state index is 0. The zero-order chi connectivity index (χ0) is 10.7. The Bertz CT molecular complexity index is 484. The van der Waals surface area contributed by atoms with Crippen LogP contribution in [0.25, 0.3) is 10.9 Å². The van der Waals surface area contributed by atoms with Crippen molar-refractivity contribution < 1.29 is 40.9 Å². The third-order valence-corrected chi connectivity index (χ3v) is 2.51. The van der Waals surface area contributed by atoms with Crippen molar-refractivity contribution in [2.24, 2.45) is 0 Å². The zero-order valence-electron chi connectivity index (χ0n) is 10.4. The van der Waals surface area contributed by atoms with E-state index < -0.39 is 5.97 Å². The van der Waals surface area contributed by atoms with Gasteiger partial charge in [-0.15, -0.1) is 0 Å². The quantitative estimate of drug-likeness (QED) is 0.704. The van der Waals surface area contributed by atoms with E-state index in [-0.39, 0.29) is 37.4 Å². The molecule has 1 heterocycles. The van der Waals surface area contributed by atoms with E-state index >= 15 is 0 Å². The van der Waals surface area contributed by atoms with Crippen molar-refractivity contribution in [3.63, 3.8) is 0 Å². The summed E-state index contributed by atoms with van der Waals surface area (Å²) in [6.45, 7) is 0. The summed E-state index contributed by atoms with van der Waals surface area (Å²) >= 11 is 0. The van der Waals surface area contributed by atoms with Gasteiger partial charge in [0.25, 0.3) is 0 Å². The number of carboxylic acids is 1. The van der Waals surface area contributed by atoms with Gasteiger partial charge in [-0.05, 0) is 24.5 Å². The fraction of sp³-hybridized carbons (Fsp3) is 0.250. The molecule has 0 radical (unpaired) electrons. The molecule has 0 atom stereocenters. The summed E-state index contributed by atoms with van der Waals surface area (Å²) in [4.78, 5) is 13.6. The van der Waals surface area contributed by atoms with Gasteiger partial charge in [0.15, 0.2) is 0 Å². The van der Waals surface area contributed by atoms with E-state index in [1.54, 1.807) is 0 Å². The van der Waals surface area contributed by atoms with Crippen LogP contribution in [0.4, 0.5) is 0 Å². The maximum absolute atomic E-state index is 10.4. The predicted octanol–water partition coefficient (Wildman–Crippen LogP) is -0.308. The fourth-order valence-corrected chi connectivity index (χ4v) is 1.77. The van der Waals surface area contributed by atoms with Gasteiger partial charge in [0.1, 0.15) is 0 Å². The van der Waals surface area contributed by atoms with Gasteiger partial charge in [0.2, 0.25) is 0 Å². The van der Waals surface area contributed by atoms with Crippen molar-refractivity contribution in [2.75, 3.05) is 0 Å². The Kier molecular flexibility index (Phi) is 5.06. The van der Waals surface area contributed by atoms with Crippen molar-refractivity contribution in [3.8, 4) is 0 Å². The molecule has 0 aliphatic rings. The number of hydrogen-bond donors (Lipinski definition) is 2. The number of aromatic nitrogens is 1. The van der Waals surface area contributed by atoms with Gasteiger partial charge >= 0.3 is 35.5 Å². The van der Waals surface area contributed by atoms with Crippen LogP contribution in [0.2, 0.25) is 0 Å². The molecule has 0 aliphatic heterocycles. The average Bonchev–Trinajstić information content (AvgIpc) is 2.62. The number of carboxylic acid groups (broad SMARTS) is 1. The molecule has 3 nitrogen and oxygen atoms in total. The molecular weight excluding hydrogens is 213 g/mol. The molecule has 0 amide bonds. The normalized spacial score (nSPS) is 10.0. The largest absolute Gasteiger partial charge is 1.00 e. The van der Waals surface area contributed by atoms with Crippen LogP contribution in [-0.2, 0) is 11.2 Å². The maximum Gasteiger partial charge on any atom is 1.00 e. The molecule has 1 aromatic carbocycles. The second kappa shape index (κ2) is 6.09. The number of para-hydroxylation sites is 1. The molecule has 0 saturated carbocycles. The van der Waals surface area contributed by atoms with Crippen LogP contribution in [0.15, 0.2) is 30.5 Å². The number of rotatable bonds is 4. The van der Waals surface area contributed by atoms with Crippen molar-refractivity contribution in [2.45, 2.75) is 19.3 Å². The van der Waals surface area contributed by atoms with E-state index in [1.165, 1.54) is 10.9 Å². The smallest absolute Gasteiger partial charge is 1.00 e. The van der Waals surface area contributed by atoms with Gasteiger partial charge < -0.3 is 11.5 Å². The van der Waals surface area contributed by atoms with Crippen LogP contribution in [0, 0.1) is 0 Å². The first-order valence-electron chi connectivity index (χ1n) is 5.04. The first kappa shape index (κ1) is 13.3. The minimum atomic E-state index is -0.727. The first-order valence-corrected chi connectivity index (χ1v) is 5.04. The van der Waals surface area contributed by atoms with Crippen LogP contribution in [-0.4, -0.2) is 16.1 Å². The Labute approximate surface area is 118 Å². The van der Waals surface area contributed by atoms with Gasteiger partial charge in [-0.3, -0.25) is 4.79 Å². The van der Waals surface area contributed by atoms with Crippen molar-refractivity contribution in [1.82, 2.24) is 4.98 Å². The summed E-state index contributed by atoms with van der Waals surface area (Å²) < 4.78 is 0. The fourth-order valence-electron chi connectivity index (χ4n) is 1.77. The number of benzene rings is 1. The summed E-state index contributed by atoms with van der Waals surface area (Å²) in [5, 5.41) is 9.74. The minimum Gasteiger partial charge on any atom is -1.00 e. The van der Waals surface area contributed by atoms with Crippen LogP contribution in [0.5, 0.6) is 0 Å². The third-order valence-electron chi connectivity index (χ3n) is 2.51. The summed E-state index contributed by atoms with van der Waals surface area (Å²) in [6.07, 6.45) is 3.71. The molecule has 2 N–H and O–H groups in total. The van der Waals surface area contributed by atoms with E-state index in [1.807, 2.05) is 24.4 Å². The number of H-pyrrole nitrogens is 1. The number of carbonyl (C=O) groups is 1. The Balaban J connectivity index is 0.00000128. The van der Waals surface area contributed by atoms with Gasteiger partial charge in [-0.25, -0.2) is 0 Å². The molecular formula is C12H14NNaO2. The maximum atomic E-state index is 10.4. The molecule has 0 spiro atoms. The van der Waals surface area contributed by atoms with Gasteiger partial charge in [0, 0.05) is 23.5 Å². The van der Waals surface area contributed by atoms with E-state index in [4.69, 9.17) is 5.11 Å². The van der Waals surface area contributed by atoms with Gasteiger partial charge in [0.05, 0.1) is 0 Å². The molecule has 0 bridgehead atoms. The standard InChI is InChI=1S/C12H13NO2.Na.H/c14-12(15)7-3-4-9-8-13-11-6-2-1-5-10(9)11;;/h1-2,5-6,8,13H,3-4,7H2,(H,14,15);;/q;+1;-1. The zero-order valence-corrected chi connectivity index (χ0v) is 11.4. The molecule has 0 saturated heterocycles. The molecule has 0 fully saturated rings. The summed E-state index contributed by atoms with van der Waals surface area (Å²) in [7, 11) is 0. The van der Waals surface area contributed by atoms with Crippen LogP contribution in [0.3, 0.4) is 0 Å². The van der Waals surface area contributed by atoms with E-state index in [0.717, 1.165) is 11.9 Å². The molecule has 16 heavy (non-hydrogen) atoms. The first-order chi connectivity index (χ1) is 7.27. The van der Waals surface area contributed by atoms with Gasteiger partial charge in [-0.1, -0.05) is 18.2 Å². The van der Waals surface area contributed by atoms with E-state index in [9.17, 15) is 4.79 Å². The van der Waals surface area contributed by atoms with E-state index in [2.05, 4.69) is 11.1 Å². The Morgan fingerprint density at radius 2 is 2.12 bits per heavy atom. The average molecular weight is 227 g/mol. The molecule has 0 unspecified atom stereocenters. The predicted molar refractivity (Wildman–Crippen MR) is 60.0 cm³/mol. The molecule has 2 aromatic rings. The number of aromatic amines is 1. The third kappa shape index (κ3) is 3.11. The Morgan fingerprint density at radius 1 is 1.38 bits per heavy atom. The number of aliphatic carboxylic acids is 1. The van der Waals surface area contributed by atoms with Crippen molar-refractivity contribution in [3.05, 3.63) is 36.0 Å². The second-order valence-corrected chi connectivity index (χ2v) is 3.61.